The maximum absolute atomic E-state index is 10.7. The fourth-order valence-electron chi connectivity index (χ4n) is 0.884. The molecule has 3 nitrogen and oxygen atoms in total. The van der Waals surface area contributed by atoms with Crippen molar-refractivity contribution in [1.82, 2.24) is 0 Å². The summed E-state index contributed by atoms with van der Waals surface area (Å²) in [5, 5.41) is 0. The molecule has 0 atom stereocenters. The third kappa shape index (κ3) is 2.72. The molecule has 13 heavy (non-hydrogen) atoms. The van der Waals surface area contributed by atoms with Gasteiger partial charge in [0.2, 0.25) is 0 Å². The predicted octanol–water partition coefficient (Wildman–Crippen LogP) is 1.17. The minimum absolute atomic E-state index is 0.0540. The van der Waals surface area contributed by atoms with E-state index in [1.165, 1.54) is 12.1 Å². The molecule has 0 aliphatic heterocycles. The number of benzene rings is 1. The fraction of sp³-hybridized carbons (Fsp3) is 0.250. The van der Waals surface area contributed by atoms with Crippen LogP contribution in [0.3, 0.4) is 0 Å². The highest BCUT2D eigenvalue weighted by Gasteiger charge is 2.12. The van der Waals surface area contributed by atoms with Crippen LogP contribution in [0.15, 0.2) is 34.1 Å². The van der Waals surface area contributed by atoms with E-state index in [1.54, 1.807) is 12.1 Å². The zero-order valence-electron chi connectivity index (χ0n) is 7.39. The van der Waals surface area contributed by atoms with Gasteiger partial charge in [-0.3, -0.25) is 4.55 Å². The van der Waals surface area contributed by atoms with Crippen molar-refractivity contribution in [3.63, 3.8) is 0 Å². The van der Waals surface area contributed by atoms with Crippen LogP contribution in [0.1, 0.15) is 0 Å². The summed E-state index contributed by atoms with van der Waals surface area (Å²) in [5.74, 6) is 0. The smallest absolute Gasteiger partial charge is 0.282 e. The van der Waals surface area contributed by atoms with E-state index < -0.39 is 10.1 Å². The van der Waals surface area contributed by atoms with Crippen LogP contribution >= 0.6 is 0 Å². The van der Waals surface area contributed by atoms with Crippen molar-refractivity contribution >= 4 is 21.0 Å². The van der Waals surface area contributed by atoms with Crippen molar-refractivity contribution < 1.29 is 13.0 Å². The first-order valence-corrected chi connectivity index (χ1v) is 7.04. The summed E-state index contributed by atoms with van der Waals surface area (Å²) >= 11 is 0. The largest absolute Gasteiger partial charge is 0.294 e. The van der Waals surface area contributed by atoms with E-state index in [4.69, 9.17) is 4.55 Å². The summed E-state index contributed by atoms with van der Waals surface area (Å²) in [4.78, 5) is 1.02. The van der Waals surface area contributed by atoms with E-state index >= 15 is 0 Å². The Morgan fingerprint density at radius 1 is 1.15 bits per heavy atom. The first-order valence-electron chi connectivity index (χ1n) is 3.56. The number of hydrogen-bond acceptors (Lipinski definition) is 2. The molecule has 1 aromatic rings. The summed E-state index contributed by atoms with van der Waals surface area (Å²) in [6.45, 7) is 0. The van der Waals surface area contributed by atoms with Gasteiger partial charge in [-0.1, -0.05) is 0 Å². The SMILES string of the molecule is C[S+](C)c1ccc(S(=O)(=O)O)cc1. The average Bonchev–Trinajstić information content (AvgIpc) is 2.03. The molecule has 1 N–H and O–H groups in total. The monoisotopic (exact) mass is 219 g/mol. The van der Waals surface area contributed by atoms with Crippen LogP contribution in [0.5, 0.6) is 0 Å². The molecular weight excluding hydrogens is 208 g/mol. The van der Waals surface area contributed by atoms with Crippen molar-refractivity contribution in [2.45, 2.75) is 9.79 Å². The van der Waals surface area contributed by atoms with E-state index in [1.807, 2.05) is 12.5 Å². The average molecular weight is 219 g/mol. The summed E-state index contributed by atoms with van der Waals surface area (Å²) < 4.78 is 30.0. The van der Waals surface area contributed by atoms with Gasteiger partial charge in [0.05, 0.1) is 4.90 Å². The first kappa shape index (κ1) is 10.6. The van der Waals surface area contributed by atoms with Gasteiger partial charge in [0.1, 0.15) is 12.5 Å². The fourth-order valence-corrected chi connectivity index (χ4v) is 2.04. The zero-order valence-corrected chi connectivity index (χ0v) is 9.02. The van der Waals surface area contributed by atoms with Crippen molar-refractivity contribution in [2.24, 2.45) is 0 Å². The lowest BCUT2D eigenvalue weighted by Crippen LogP contribution is -2.00. The Kier molecular flexibility index (Phi) is 3.00. The number of rotatable bonds is 2. The van der Waals surface area contributed by atoms with Crippen LogP contribution in [0.25, 0.3) is 0 Å². The van der Waals surface area contributed by atoms with Crippen LogP contribution in [-0.2, 0) is 21.0 Å². The van der Waals surface area contributed by atoms with Gasteiger partial charge in [0, 0.05) is 10.9 Å². The second-order valence-electron chi connectivity index (χ2n) is 2.76. The molecule has 0 aliphatic rings. The zero-order chi connectivity index (χ0) is 10.1. The maximum Gasteiger partial charge on any atom is 0.294 e. The lowest BCUT2D eigenvalue weighted by Gasteiger charge is -1.98. The molecular formula is C8H11O3S2+. The van der Waals surface area contributed by atoms with Crippen LogP contribution in [-0.4, -0.2) is 25.5 Å². The summed E-state index contributed by atoms with van der Waals surface area (Å²) in [6.07, 6.45) is 4.09. The highest BCUT2D eigenvalue weighted by molar-refractivity contribution is 7.95. The highest BCUT2D eigenvalue weighted by atomic mass is 32.2. The first-order chi connectivity index (χ1) is 5.91. The minimum atomic E-state index is -4.04. The van der Waals surface area contributed by atoms with Gasteiger partial charge >= 0.3 is 0 Å². The maximum atomic E-state index is 10.7. The normalized spacial score (nSPS) is 12.0. The molecule has 0 fully saturated rings. The molecule has 0 aromatic heterocycles. The lowest BCUT2D eigenvalue weighted by atomic mass is 10.4. The molecule has 0 bridgehead atoms. The Bertz CT molecular complexity index is 378. The third-order valence-corrected chi connectivity index (χ3v) is 3.68. The lowest BCUT2D eigenvalue weighted by molar-refractivity contribution is 0.483. The molecule has 0 unspecified atom stereocenters. The Balaban J connectivity index is 3.08. The van der Waals surface area contributed by atoms with Gasteiger partial charge in [-0.15, -0.1) is 0 Å². The Hall–Kier alpha value is -0.520. The second-order valence-corrected chi connectivity index (χ2v) is 6.29. The highest BCUT2D eigenvalue weighted by Crippen LogP contribution is 2.13. The molecule has 0 aliphatic carbocycles. The third-order valence-electron chi connectivity index (χ3n) is 1.59. The van der Waals surface area contributed by atoms with Gasteiger partial charge in [-0.2, -0.15) is 8.42 Å². The minimum Gasteiger partial charge on any atom is -0.282 e. The molecule has 1 rings (SSSR count). The summed E-state index contributed by atoms with van der Waals surface area (Å²) in [5.41, 5.74) is 0. The van der Waals surface area contributed by atoms with E-state index in [0.29, 0.717) is 0 Å². The van der Waals surface area contributed by atoms with Gasteiger partial charge in [-0.25, -0.2) is 0 Å². The molecule has 0 saturated carbocycles. The van der Waals surface area contributed by atoms with E-state index in [0.717, 1.165) is 4.90 Å². The van der Waals surface area contributed by atoms with E-state index in [9.17, 15) is 8.42 Å². The quantitative estimate of drug-likeness (QED) is 0.600. The van der Waals surface area contributed by atoms with Crippen molar-refractivity contribution in [3.8, 4) is 0 Å². The van der Waals surface area contributed by atoms with Gasteiger partial charge in [0.15, 0.2) is 4.90 Å². The molecule has 1 aromatic carbocycles. The Labute approximate surface area is 80.9 Å². The number of hydrogen-bond donors (Lipinski definition) is 1. The van der Waals surface area contributed by atoms with Crippen molar-refractivity contribution in [2.75, 3.05) is 12.5 Å². The predicted molar refractivity (Wildman–Crippen MR) is 53.7 cm³/mol. The topological polar surface area (TPSA) is 54.4 Å². The Morgan fingerprint density at radius 3 is 1.92 bits per heavy atom. The van der Waals surface area contributed by atoms with Crippen LogP contribution in [0.2, 0.25) is 0 Å². The molecule has 0 spiro atoms. The van der Waals surface area contributed by atoms with Crippen molar-refractivity contribution in [3.05, 3.63) is 24.3 Å². The van der Waals surface area contributed by atoms with Gasteiger partial charge in [0.25, 0.3) is 10.1 Å². The Morgan fingerprint density at radius 2 is 1.62 bits per heavy atom. The van der Waals surface area contributed by atoms with Crippen LogP contribution in [0, 0.1) is 0 Å². The van der Waals surface area contributed by atoms with E-state index in [2.05, 4.69) is 0 Å². The second kappa shape index (κ2) is 3.69. The van der Waals surface area contributed by atoms with Crippen LogP contribution < -0.4 is 0 Å². The standard InChI is InChI=1S/C8H10O3S2/c1-12(2)7-3-5-8(6-4-7)13(9,10)11/h3-6H,1-2H3/p+1. The molecule has 0 heterocycles. The molecule has 5 heteroatoms. The molecule has 72 valence electrons. The molecule has 0 amide bonds. The van der Waals surface area contributed by atoms with Gasteiger partial charge < -0.3 is 0 Å². The van der Waals surface area contributed by atoms with Gasteiger partial charge in [-0.05, 0) is 24.3 Å². The molecule has 0 radical (unpaired) electrons. The van der Waals surface area contributed by atoms with Crippen LogP contribution in [0.4, 0.5) is 0 Å². The molecule has 0 saturated heterocycles. The summed E-state index contributed by atoms with van der Waals surface area (Å²) in [6, 6.07) is 6.26. The van der Waals surface area contributed by atoms with E-state index in [-0.39, 0.29) is 15.8 Å². The summed E-state index contributed by atoms with van der Waals surface area (Å²) in [7, 11) is -3.93. The van der Waals surface area contributed by atoms with Crippen molar-refractivity contribution in [1.29, 1.82) is 0 Å².